The van der Waals surface area contributed by atoms with Crippen molar-refractivity contribution in [1.29, 1.82) is 0 Å². The number of nitrogens with one attached hydrogen (secondary N) is 1. The molecule has 0 aliphatic heterocycles. The Balaban J connectivity index is 1.87. The number of benzene rings is 1. The van der Waals surface area contributed by atoms with Crippen LogP contribution in [0.5, 0.6) is 0 Å². The third-order valence-corrected chi connectivity index (χ3v) is 5.30. The van der Waals surface area contributed by atoms with Crippen molar-refractivity contribution in [2.75, 3.05) is 6.61 Å². The quantitative estimate of drug-likeness (QED) is 0.734. The van der Waals surface area contributed by atoms with Gasteiger partial charge in [0.15, 0.2) is 6.61 Å². The zero-order valence-electron chi connectivity index (χ0n) is 12.6. The number of amides is 1. The van der Waals surface area contributed by atoms with Crippen molar-refractivity contribution in [2.24, 2.45) is 0 Å². The molecular formula is C15H13F2NO5S2. The number of sulfone groups is 1. The Labute approximate surface area is 146 Å². The molecule has 0 aliphatic rings. The molecule has 1 N–H and O–H groups in total. The molecule has 10 heteroatoms. The minimum absolute atomic E-state index is 0.0562. The molecule has 25 heavy (non-hydrogen) atoms. The number of hydrogen-bond acceptors (Lipinski definition) is 6. The van der Waals surface area contributed by atoms with Crippen LogP contribution in [0.4, 0.5) is 8.78 Å². The summed E-state index contributed by atoms with van der Waals surface area (Å²) in [7, 11) is -4.72. The van der Waals surface area contributed by atoms with Crippen LogP contribution in [0.25, 0.3) is 0 Å². The number of rotatable bonds is 7. The lowest BCUT2D eigenvalue weighted by atomic mass is 10.2. The molecule has 1 aromatic heterocycles. The van der Waals surface area contributed by atoms with Gasteiger partial charge in [0.25, 0.3) is 5.91 Å². The molecule has 0 aliphatic carbocycles. The van der Waals surface area contributed by atoms with Crippen LogP contribution in [0.3, 0.4) is 0 Å². The van der Waals surface area contributed by atoms with E-state index in [4.69, 9.17) is 4.74 Å². The van der Waals surface area contributed by atoms with Gasteiger partial charge in [0, 0.05) is 4.88 Å². The number of carbonyl (C=O) groups is 2. The summed E-state index contributed by atoms with van der Waals surface area (Å²) in [6, 6.07) is 7.53. The highest BCUT2D eigenvalue weighted by Crippen LogP contribution is 2.18. The van der Waals surface area contributed by atoms with E-state index in [9.17, 15) is 26.8 Å². The summed E-state index contributed by atoms with van der Waals surface area (Å²) in [5.41, 5.74) is -0.0562. The summed E-state index contributed by atoms with van der Waals surface area (Å²) < 4.78 is 52.2. The highest BCUT2D eigenvalue weighted by Gasteiger charge is 2.26. The summed E-state index contributed by atoms with van der Waals surface area (Å²) in [4.78, 5) is 23.7. The Hall–Kier alpha value is -2.33. The van der Waals surface area contributed by atoms with E-state index in [1.165, 1.54) is 11.3 Å². The van der Waals surface area contributed by atoms with Crippen LogP contribution in [0.2, 0.25) is 0 Å². The maximum Gasteiger partial charge on any atom is 0.341 e. The van der Waals surface area contributed by atoms with E-state index in [1.807, 2.05) is 17.5 Å². The SMILES string of the molecule is O=C(COC(=O)c1ccc(S(=O)(=O)C(F)F)cc1)NCc1cccs1. The van der Waals surface area contributed by atoms with Crippen LogP contribution in [-0.2, 0) is 25.9 Å². The van der Waals surface area contributed by atoms with Crippen molar-refractivity contribution in [3.8, 4) is 0 Å². The van der Waals surface area contributed by atoms with E-state index >= 15 is 0 Å². The fourth-order valence-electron chi connectivity index (χ4n) is 1.75. The maximum absolute atomic E-state index is 12.4. The average molecular weight is 389 g/mol. The van der Waals surface area contributed by atoms with Crippen molar-refractivity contribution < 1.29 is 31.5 Å². The molecule has 0 radical (unpaired) electrons. The van der Waals surface area contributed by atoms with Crippen LogP contribution in [-0.4, -0.2) is 32.7 Å². The normalized spacial score (nSPS) is 11.3. The van der Waals surface area contributed by atoms with Gasteiger partial charge >= 0.3 is 11.7 Å². The molecule has 0 bridgehead atoms. The second-order valence-corrected chi connectivity index (χ2v) is 7.71. The fourth-order valence-corrected chi connectivity index (χ4v) is 3.11. The van der Waals surface area contributed by atoms with Gasteiger partial charge in [-0.1, -0.05) is 6.07 Å². The smallest absolute Gasteiger partial charge is 0.341 e. The van der Waals surface area contributed by atoms with Crippen molar-refractivity contribution in [2.45, 2.75) is 17.2 Å². The Bertz CT molecular complexity index is 833. The van der Waals surface area contributed by atoms with Gasteiger partial charge < -0.3 is 10.1 Å². The second kappa shape index (κ2) is 8.17. The van der Waals surface area contributed by atoms with Crippen LogP contribution in [0.15, 0.2) is 46.7 Å². The highest BCUT2D eigenvalue weighted by molar-refractivity contribution is 7.91. The molecule has 1 heterocycles. The number of ether oxygens (including phenoxy) is 1. The first-order valence-corrected chi connectivity index (χ1v) is 9.31. The minimum Gasteiger partial charge on any atom is -0.452 e. The van der Waals surface area contributed by atoms with Gasteiger partial charge in [-0.15, -0.1) is 11.3 Å². The number of carbonyl (C=O) groups excluding carboxylic acids is 2. The monoisotopic (exact) mass is 389 g/mol. The first kappa shape index (κ1) is 19.0. The molecule has 0 fully saturated rings. The fraction of sp³-hybridized carbons (Fsp3) is 0.200. The number of thiophene rings is 1. The van der Waals surface area contributed by atoms with Gasteiger partial charge in [0.05, 0.1) is 17.0 Å². The number of halogens is 2. The number of hydrogen-bond donors (Lipinski definition) is 1. The van der Waals surface area contributed by atoms with Gasteiger partial charge in [0.2, 0.25) is 9.84 Å². The maximum atomic E-state index is 12.4. The Morgan fingerprint density at radius 3 is 2.40 bits per heavy atom. The van der Waals surface area contributed by atoms with E-state index in [2.05, 4.69) is 5.32 Å². The van der Waals surface area contributed by atoms with Crippen molar-refractivity contribution in [3.63, 3.8) is 0 Å². The van der Waals surface area contributed by atoms with Gasteiger partial charge in [-0.2, -0.15) is 8.78 Å². The van der Waals surface area contributed by atoms with E-state index in [-0.39, 0.29) is 5.56 Å². The molecule has 1 amide bonds. The molecule has 0 spiro atoms. The minimum atomic E-state index is -4.72. The average Bonchev–Trinajstić information content (AvgIpc) is 3.11. The third kappa shape index (κ3) is 5.07. The molecule has 6 nitrogen and oxygen atoms in total. The number of alkyl halides is 2. The summed E-state index contributed by atoms with van der Waals surface area (Å²) in [5.74, 6) is -4.91. The molecule has 0 atom stereocenters. The van der Waals surface area contributed by atoms with Crippen molar-refractivity contribution in [1.82, 2.24) is 5.32 Å². The predicted octanol–water partition coefficient (Wildman–Crippen LogP) is 2.22. The molecule has 0 unspecified atom stereocenters. The van der Waals surface area contributed by atoms with Gasteiger partial charge in [-0.25, -0.2) is 13.2 Å². The Morgan fingerprint density at radius 1 is 1.16 bits per heavy atom. The molecule has 1 aromatic carbocycles. The van der Waals surface area contributed by atoms with Crippen LogP contribution >= 0.6 is 11.3 Å². The summed E-state index contributed by atoms with van der Waals surface area (Å²) in [6.07, 6.45) is 0. The topological polar surface area (TPSA) is 89.5 Å². The summed E-state index contributed by atoms with van der Waals surface area (Å²) in [5, 5.41) is 4.43. The molecular weight excluding hydrogens is 376 g/mol. The van der Waals surface area contributed by atoms with Gasteiger partial charge in [-0.05, 0) is 35.7 Å². The van der Waals surface area contributed by atoms with Crippen molar-refractivity contribution >= 4 is 33.1 Å². The standard InChI is InChI=1S/C15H13F2NO5S2/c16-15(17)25(21,22)12-5-3-10(4-6-12)14(20)23-9-13(19)18-8-11-2-1-7-24-11/h1-7,15H,8-9H2,(H,18,19). The van der Waals surface area contributed by atoms with Gasteiger partial charge in [0.1, 0.15) is 0 Å². The predicted molar refractivity (Wildman–Crippen MR) is 86.1 cm³/mol. The lowest BCUT2D eigenvalue weighted by Gasteiger charge is -2.07. The lowest BCUT2D eigenvalue weighted by molar-refractivity contribution is -0.124. The van der Waals surface area contributed by atoms with E-state index in [0.717, 1.165) is 29.1 Å². The van der Waals surface area contributed by atoms with Crippen molar-refractivity contribution in [3.05, 3.63) is 52.2 Å². The summed E-state index contributed by atoms with van der Waals surface area (Å²) >= 11 is 1.47. The zero-order chi connectivity index (χ0) is 18.4. The van der Waals surface area contributed by atoms with Crippen LogP contribution in [0.1, 0.15) is 15.2 Å². The second-order valence-electron chi connectivity index (χ2n) is 4.76. The molecule has 0 saturated heterocycles. The first-order chi connectivity index (χ1) is 11.8. The molecule has 134 valence electrons. The van der Waals surface area contributed by atoms with E-state index in [1.54, 1.807) is 0 Å². The molecule has 2 aromatic rings. The van der Waals surface area contributed by atoms with Crippen LogP contribution in [0, 0.1) is 0 Å². The first-order valence-electron chi connectivity index (χ1n) is 6.89. The van der Waals surface area contributed by atoms with Gasteiger partial charge in [-0.3, -0.25) is 4.79 Å². The van der Waals surface area contributed by atoms with E-state index in [0.29, 0.717) is 6.54 Å². The number of esters is 1. The largest absolute Gasteiger partial charge is 0.452 e. The Kier molecular flexibility index (Phi) is 6.21. The summed E-state index contributed by atoms with van der Waals surface area (Å²) in [6.45, 7) is -0.199. The third-order valence-electron chi connectivity index (χ3n) is 3.03. The van der Waals surface area contributed by atoms with Crippen LogP contribution < -0.4 is 5.32 Å². The lowest BCUT2D eigenvalue weighted by Crippen LogP contribution is -2.28. The zero-order valence-corrected chi connectivity index (χ0v) is 14.3. The highest BCUT2D eigenvalue weighted by atomic mass is 32.2. The molecule has 0 saturated carbocycles. The van der Waals surface area contributed by atoms with E-state index < -0.39 is 39.0 Å². The molecule has 2 rings (SSSR count). The Morgan fingerprint density at radius 2 is 1.84 bits per heavy atom.